The summed E-state index contributed by atoms with van der Waals surface area (Å²) in [5, 5.41) is 6.34. The average Bonchev–Trinajstić information content (AvgIpc) is 3.39. The summed E-state index contributed by atoms with van der Waals surface area (Å²) in [7, 11) is 0. The molecule has 1 amide bonds. The predicted molar refractivity (Wildman–Crippen MR) is 106 cm³/mol. The van der Waals surface area contributed by atoms with E-state index in [-0.39, 0.29) is 12.5 Å². The second-order valence-corrected chi connectivity index (χ2v) is 6.69. The van der Waals surface area contributed by atoms with Crippen molar-refractivity contribution in [3.05, 3.63) is 54.1 Å². The molecule has 0 aliphatic carbocycles. The lowest BCUT2D eigenvalue weighted by molar-refractivity contribution is -0.128. The molecule has 1 aromatic heterocycles. The van der Waals surface area contributed by atoms with Gasteiger partial charge in [0.05, 0.1) is 19.4 Å². The van der Waals surface area contributed by atoms with Crippen molar-refractivity contribution < 1.29 is 4.79 Å². The SMILES string of the molecule is CCNC(=NCc1ccc(Cn2ccnc2)cc1)NCC(=O)N1CCCC1. The lowest BCUT2D eigenvalue weighted by Gasteiger charge is -2.17. The summed E-state index contributed by atoms with van der Waals surface area (Å²) in [5.74, 6) is 0.814. The first-order chi connectivity index (χ1) is 13.2. The van der Waals surface area contributed by atoms with E-state index in [1.807, 2.05) is 28.9 Å². The summed E-state index contributed by atoms with van der Waals surface area (Å²) in [5.41, 5.74) is 2.36. The number of hydrogen-bond donors (Lipinski definition) is 2. The van der Waals surface area contributed by atoms with Gasteiger partial charge in [-0.05, 0) is 30.9 Å². The summed E-state index contributed by atoms with van der Waals surface area (Å²) in [6, 6.07) is 8.41. The van der Waals surface area contributed by atoms with Crippen LogP contribution in [-0.2, 0) is 17.9 Å². The number of aromatic nitrogens is 2. The fourth-order valence-corrected chi connectivity index (χ4v) is 3.09. The normalized spacial score (nSPS) is 14.4. The Labute approximate surface area is 160 Å². The van der Waals surface area contributed by atoms with Crippen molar-refractivity contribution in [2.45, 2.75) is 32.9 Å². The summed E-state index contributed by atoms with van der Waals surface area (Å²) < 4.78 is 2.04. The van der Waals surface area contributed by atoms with E-state index in [0.717, 1.165) is 44.6 Å². The Bertz CT molecular complexity index is 732. The van der Waals surface area contributed by atoms with Crippen LogP contribution >= 0.6 is 0 Å². The second-order valence-electron chi connectivity index (χ2n) is 6.69. The van der Waals surface area contributed by atoms with Gasteiger partial charge in [-0.3, -0.25) is 4.79 Å². The number of benzene rings is 1. The number of carbonyl (C=O) groups is 1. The first kappa shape index (κ1) is 18.9. The van der Waals surface area contributed by atoms with Gasteiger partial charge < -0.3 is 20.1 Å². The third-order valence-corrected chi connectivity index (χ3v) is 4.58. The van der Waals surface area contributed by atoms with Gasteiger partial charge in [-0.2, -0.15) is 0 Å². The summed E-state index contributed by atoms with van der Waals surface area (Å²) >= 11 is 0. The molecular weight excluding hydrogens is 340 g/mol. The highest BCUT2D eigenvalue weighted by Gasteiger charge is 2.17. The molecular formula is C20H28N6O. The summed E-state index contributed by atoms with van der Waals surface area (Å²) in [6.45, 7) is 6.19. The minimum absolute atomic E-state index is 0.141. The van der Waals surface area contributed by atoms with Crippen molar-refractivity contribution in [1.29, 1.82) is 0 Å². The topological polar surface area (TPSA) is 74.5 Å². The van der Waals surface area contributed by atoms with Crippen LogP contribution < -0.4 is 10.6 Å². The summed E-state index contributed by atoms with van der Waals surface area (Å²) in [4.78, 5) is 22.7. The van der Waals surface area contributed by atoms with Gasteiger partial charge in [-0.25, -0.2) is 9.98 Å². The molecule has 1 aromatic carbocycles. The van der Waals surface area contributed by atoms with Gasteiger partial charge >= 0.3 is 0 Å². The third-order valence-electron chi connectivity index (χ3n) is 4.58. The summed E-state index contributed by atoms with van der Waals surface area (Å²) in [6.07, 6.45) is 7.77. The molecule has 1 aliphatic heterocycles. The van der Waals surface area contributed by atoms with Gasteiger partial charge in [-0.1, -0.05) is 24.3 Å². The Morgan fingerprint density at radius 3 is 2.56 bits per heavy atom. The number of likely N-dealkylation sites (tertiary alicyclic amines) is 1. The second kappa shape index (κ2) is 9.75. The Morgan fingerprint density at radius 2 is 1.89 bits per heavy atom. The molecule has 2 heterocycles. The van der Waals surface area contributed by atoms with Crippen LogP contribution in [0.5, 0.6) is 0 Å². The maximum atomic E-state index is 12.2. The molecule has 7 nitrogen and oxygen atoms in total. The Hall–Kier alpha value is -2.83. The molecule has 144 valence electrons. The quantitative estimate of drug-likeness (QED) is 0.575. The van der Waals surface area contributed by atoms with Crippen LogP contribution in [0.3, 0.4) is 0 Å². The third kappa shape index (κ3) is 5.84. The van der Waals surface area contributed by atoms with E-state index < -0.39 is 0 Å². The van der Waals surface area contributed by atoms with E-state index in [1.165, 1.54) is 5.56 Å². The molecule has 0 radical (unpaired) electrons. The molecule has 0 atom stereocenters. The molecule has 1 aliphatic rings. The van der Waals surface area contributed by atoms with E-state index in [1.54, 1.807) is 6.20 Å². The van der Waals surface area contributed by atoms with Gasteiger partial charge in [0.25, 0.3) is 0 Å². The molecule has 3 rings (SSSR count). The number of nitrogens with one attached hydrogen (secondary N) is 2. The van der Waals surface area contributed by atoms with Gasteiger partial charge in [-0.15, -0.1) is 0 Å². The standard InChI is InChI=1S/C20H28N6O/c1-2-22-20(24-14-19(27)26-10-3-4-11-26)23-13-17-5-7-18(8-6-17)15-25-12-9-21-16-25/h5-9,12,16H,2-4,10-11,13-15H2,1H3,(H2,22,23,24). The first-order valence-corrected chi connectivity index (χ1v) is 9.58. The minimum Gasteiger partial charge on any atom is -0.357 e. The van der Waals surface area contributed by atoms with E-state index >= 15 is 0 Å². The molecule has 0 saturated carbocycles. The van der Waals surface area contributed by atoms with Crippen LogP contribution in [0.4, 0.5) is 0 Å². The minimum atomic E-state index is 0.141. The number of imidazole rings is 1. The number of carbonyl (C=O) groups excluding carboxylic acids is 1. The number of amides is 1. The average molecular weight is 368 g/mol. The first-order valence-electron chi connectivity index (χ1n) is 9.58. The molecule has 7 heteroatoms. The number of rotatable bonds is 7. The van der Waals surface area contributed by atoms with Crippen molar-refractivity contribution >= 4 is 11.9 Å². The van der Waals surface area contributed by atoms with Crippen molar-refractivity contribution in [2.75, 3.05) is 26.2 Å². The number of hydrogen-bond acceptors (Lipinski definition) is 3. The Kier molecular flexibility index (Phi) is 6.84. The van der Waals surface area contributed by atoms with Crippen LogP contribution in [0.15, 0.2) is 48.0 Å². The lowest BCUT2D eigenvalue weighted by atomic mass is 10.1. The molecule has 1 fully saturated rings. The van der Waals surface area contributed by atoms with Crippen LogP contribution in [0.2, 0.25) is 0 Å². The molecule has 2 N–H and O–H groups in total. The van der Waals surface area contributed by atoms with Crippen LogP contribution in [0.25, 0.3) is 0 Å². The van der Waals surface area contributed by atoms with Crippen molar-refractivity contribution in [1.82, 2.24) is 25.1 Å². The molecule has 0 spiro atoms. The smallest absolute Gasteiger partial charge is 0.241 e. The largest absolute Gasteiger partial charge is 0.357 e. The highest BCUT2D eigenvalue weighted by molar-refractivity contribution is 5.86. The van der Waals surface area contributed by atoms with Crippen LogP contribution in [-0.4, -0.2) is 52.5 Å². The van der Waals surface area contributed by atoms with E-state index in [0.29, 0.717) is 12.5 Å². The lowest BCUT2D eigenvalue weighted by Crippen LogP contribution is -2.44. The molecule has 0 bridgehead atoms. The Balaban J connectivity index is 1.51. The highest BCUT2D eigenvalue weighted by Crippen LogP contribution is 2.08. The van der Waals surface area contributed by atoms with E-state index in [2.05, 4.69) is 44.9 Å². The predicted octanol–water partition coefficient (Wildman–Crippen LogP) is 1.61. The Morgan fingerprint density at radius 1 is 1.15 bits per heavy atom. The zero-order valence-corrected chi connectivity index (χ0v) is 15.9. The number of guanidine groups is 1. The molecule has 0 unspecified atom stereocenters. The van der Waals surface area contributed by atoms with Crippen molar-refractivity contribution in [3.63, 3.8) is 0 Å². The molecule has 27 heavy (non-hydrogen) atoms. The molecule has 1 saturated heterocycles. The maximum absolute atomic E-state index is 12.2. The van der Waals surface area contributed by atoms with Crippen molar-refractivity contribution in [3.8, 4) is 0 Å². The fourth-order valence-electron chi connectivity index (χ4n) is 3.09. The maximum Gasteiger partial charge on any atom is 0.241 e. The van der Waals surface area contributed by atoms with Gasteiger partial charge in [0.2, 0.25) is 5.91 Å². The van der Waals surface area contributed by atoms with Gasteiger partial charge in [0.1, 0.15) is 0 Å². The monoisotopic (exact) mass is 368 g/mol. The van der Waals surface area contributed by atoms with Crippen LogP contribution in [0, 0.1) is 0 Å². The number of nitrogens with zero attached hydrogens (tertiary/aromatic N) is 4. The zero-order chi connectivity index (χ0) is 18.9. The zero-order valence-electron chi connectivity index (χ0n) is 15.9. The van der Waals surface area contributed by atoms with Crippen molar-refractivity contribution in [2.24, 2.45) is 4.99 Å². The number of aliphatic imine (C=N–C) groups is 1. The van der Waals surface area contributed by atoms with E-state index in [9.17, 15) is 4.79 Å². The fraction of sp³-hybridized carbons (Fsp3) is 0.450. The van der Waals surface area contributed by atoms with E-state index in [4.69, 9.17) is 0 Å². The van der Waals surface area contributed by atoms with Gasteiger partial charge in [0, 0.05) is 38.6 Å². The molecule has 2 aromatic rings. The van der Waals surface area contributed by atoms with Gasteiger partial charge in [0.15, 0.2) is 5.96 Å². The van der Waals surface area contributed by atoms with Crippen LogP contribution in [0.1, 0.15) is 30.9 Å². The highest BCUT2D eigenvalue weighted by atomic mass is 16.2.